The molecular formula is C18H17NO. The first-order valence-electron chi connectivity index (χ1n) is 6.91. The van der Waals surface area contributed by atoms with E-state index >= 15 is 0 Å². The molecule has 1 heterocycles. The molecule has 0 bridgehead atoms. The molecule has 0 saturated carbocycles. The maximum Gasteiger partial charge on any atom is 0.172 e. The van der Waals surface area contributed by atoms with Crippen molar-refractivity contribution in [2.45, 2.75) is 20.3 Å². The molecule has 0 fully saturated rings. The molecule has 0 saturated heterocycles. The average Bonchev–Trinajstić information content (AvgIpc) is 2.45. The van der Waals surface area contributed by atoms with Crippen LogP contribution in [0.5, 0.6) is 0 Å². The summed E-state index contributed by atoms with van der Waals surface area (Å²) in [6, 6.07) is 9.88. The monoisotopic (exact) mass is 263 g/mol. The average molecular weight is 263 g/mol. The highest BCUT2D eigenvalue weighted by Gasteiger charge is 2.23. The summed E-state index contributed by atoms with van der Waals surface area (Å²) in [6.07, 6.45) is 6.84. The van der Waals surface area contributed by atoms with E-state index in [1.165, 1.54) is 5.57 Å². The van der Waals surface area contributed by atoms with Crippen molar-refractivity contribution in [3.63, 3.8) is 0 Å². The van der Waals surface area contributed by atoms with Crippen molar-refractivity contribution < 1.29 is 4.79 Å². The predicted octanol–water partition coefficient (Wildman–Crippen LogP) is 4.42. The number of aromatic nitrogens is 1. The minimum Gasteiger partial charge on any atom is -0.293 e. The number of nitrogens with zero attached hydrogens (tertiary/aromatic N) is 1. The topological polar surface area (TPSA) is 30.0 Å². The number of para-hydroxylation sites is 1. The van der Waals surface area contributed by atoms with Gasteiger partial charge in [0.15, 0.2) is 5.78 Å². The van der Waals surface area contributed by atoms with Crippen molar-refractivity contribution >= 4 is 22.8 Å². The summed E-state index contributed by atoms with van der Waals surface area (Å²) in [5, 5.41) is 1.02. The zero-order chi connectivity index (χ0) is 14.1. The molecule has 1 aliphatic carbocycles. The van der Waals surface area contributed by atoms with Crippen LogP contribution in [0.2, 0.25) is 0 Å². The normalized spacial score (nSPS) is 17.1. The number of allylic oxidation sites excluding steroid dienone is 3. The molecule has 1 aromatic heterocycles. The van der Waals surface area contributed by atoms with Gasteiger partial charge in [0.05, 0.1) is 11.2 Å². The van der Waals surface area contributed by atoms with Gasteiger partial charge >= 0.3 is 0 Å². The number of pyridine rings is 1. The number of hydrogen-bond acceptors (Lipinski definition) is 2. The second kappa shape index (κ2) is 5.04. The molecule has 100 valence electrons. The minimum absolute atomic E-state index is 0.0552. The van der Waals surface area contributed by atoms with E-state index in [4.69, 9.17) is 0 Å². The van der Waals surface area contributed by atoms with Gasteiger partial charge in [0, 0.05) is 16.9 Å². The minimum atomic E-state index is -0.0552. The molecule has 0 N–H and O–H groups in total. The number of benzene rings is 1. The summed E-state index contributed by atoms with van der Waals surface area (Å²) in [4.78, 5) is 17.1. The fourth-order valence-electron chi connectivity index (χ4n) is 2.50. The van der Waals surface area contributed by atoms with Crippen molar-refractivity contribution in [2.75, 3.05) is 0 Å². The largest absolute Gasteiger partial charge is 0.293 e. The molecule has 0 spiro atoms. The van der Waals surface area contributed by atoms with Gasteiger partial charge < -0.3 is 0 Å². The Bertz CT molecular complexity index is 736. The third-order valence-electron chi connectivity index (χ3n) is 3.62. The van der Waals surface area contributed by atoms with Crippen LogP contribution in [-0.4, -0.2) is 10.8 Å². The van der Waals surface area contributed by atoms with Crippen molar-refractivity contribution in [1.82, 2.24) is 4.98 Å². The molecule has 1 aromatic carbocycles. The van der Waals surface area contributed by atoms with Crippen LogP contribution in [0.1, 0.15) is 36.3 Å². The van der Waals surface area contributed by atoms with Gasteiger partial charge in [-0.25, -0.2) is 4.98 Å². The Kier molecular flexibility index (Phi) is 3.23. The molecule has 1 unspecified atom stereocenters. The first-order valence-corrected chi connectivity index (χ1v) is 6.91. The Morgan fingerprint density at radius 2 is 2.10 bits per heavy atom. The highest BCUT2D eigenvalue weighted by molar-refractivity contribution is 6.06. The molecule has 2 nitrogen and oxygen atoms in total. The van der Waals surface area contributed by atoms with E-state index in [0.29, 0.717) is 0 Å². The third-order valence-corrected chi connectivity index (χ3v) is 3.62. The smallest absolute Gasteiger partial charge is 0.172 e. The second-order valence-corrected chi connectivity index (χ2v) is 5.46. The van der Waals surface area contributed by atoms with Gasteiger partial charge in [-0.3, -0.25) is 4.79 Å². The molecular weight excluding hydrogens is 246 g/mol. The Labute approximate surface area is 118 Å². The van der Waals surface area contributed by atoms with Gasteiger partial charge in [-0.05, 0) is 38.5 Å². The Morgan fingerprint density at radius 1 is 1.30 bits per heavy atom. The lowest BCUT2D eigenvalue weighted by atomic mass is 9.87. The highest BCUT2D eigenvalue weighted by Crippen LogP contribution is 2.27. The van der Waals surface area contributed by atoms with Crippen LogP contribution in [0.15, 0.2) is 48.1 Å². The van der Waals surface area contributed by atoms with Crippen LogP contribution in [0.25, 0.3) is 17.0 Å². The summed E-state index contributed by atoms with van der Waals surface area (Å²) < 4.78 is 0. The lowest BCUT2D eigenvalue weighted by Crippen LogP contribution is -2.17. The van der Waals surface area contributed by atoms with Gasteiger partial charge in [0.2, 0.25) is 0 Å². The molecule has 3 rings (SSSR count). The lowest BCUT2D eigenvalue weighted by molar-refractivity contribution is 0.0944. The van der Waals surface area contributed by atoms with Crippen LogP contribution in [-0.2, 0) is 0 Å². The number of fused-ring (bicyclic) bond motifs is 2. The highest BCUT2D eigenvalue weighted by atomic mass is 16.1. The summed E-state index contributed by atoms with van der Waals surface area (Å²) in [5.41, 5.74) is 3.72. The molecule has 20 heavy (non-hydrogen) atoms. The predicted molar refractivity (Wildman–Crippen MR) is 82.6 cm³/mol. The van der Waals surface area contributed by atoms with Gasteiger partial charge in [-0.2, -0.15) is 0 Å². The van der Waals surface area contributed by atoms with Crippen LogP contribution in [0, 0.1) is 5.92 Å². The van der Waals surface area contributed by atoms with Crippen molar-refractivity contribution in [1.29, 1.82) is 0 Å². The Morgan fingerprint density at radius 3 is 2.90 bits per heavy atom. The Balaban J connectivity index is 2.02. The fourth-order valence-corrected chi connectivity index (χ4v) is 2.50. The maximum atomic E-state index is 12.6. The van der Waals surface area contributed by atoms with Crippen molar-refractivity contribution in [3.8, 4) is 0 Å². The van der Waals surface area contributed by atoms with Crippen LogP contribution >= 0.6 is 0 Å². The van der Waals surface area contributed by atoms with Gasteiger partial charge in [-0.1, -0.05) is 35.9 Å². The van der Waals surface area contributed by atoms with E-state index in [0.717, 1.165) is 28.6 Å². The van der Waals surface area contributed by atoms with Crippen LogP contribution < -0.4 is 0 Å². The number of hydrogen-bond donors (Lipinski definition) is 0. The van der Waals surface area contributed by atoms with Gasteiger partial charge in [-0.15, -0.1) is 0 Å². The van der Waals surface area contributed by atoms with Crippen molar-refractivity contribution in [3.05, 3.63) is 59.3 Å². The lowest BCUT2D eigenvalue weighted by Gasteiger charge is -2.17. The number of Topliss-reactive ketones (excluding diaryl/α,β-unsaturated/α-hetero) is 1. The number of carbonyl (C=O) groups is 1. The molecule has 0 aliphatic heterocycles. The van der Waals surface area contributed by atoms with E-state index in [1.807, 2.05) is 42.5 Å². The van der Waals surface area contributed by atoms with Gasteiger partial charge in [0.1, 0.15) is 0 Å². The van der Waals surface area contributed by atoms with E-state index in [1.54, 1.807) is 0 Å². The summed E-state index contributed by atoms with van der Waals surface area (Å²) in [7, 11) is 0. The van der Waals surface area contributed by atoms with E-state index < -0.39 is 0 Å². The summed E-state index contributed by atoms with van der Waals surface area (Å²) in [6.45, 7) is 4.11. The standard InChI is InChI=1S/C18H17NO/c1-12(2)7-8-13-9-10-17-15(18(13)20)11-14-5-3-4-6-16(14)19-17/h3-7,9-11,13H,8H2,1-2H3. The maximum absolute atomic E-state index is 12.6. The first kappa shape index (κ1) is 12.8. The second-order valence-electron chi connectivity index (χ2n) is 5.46. The first-order chi connectivity index (χ1) is 9.65. The fraction of sp³-hybridized carbons (Fsp3) is 0.222. The zero-order valence-electron chi connectivity index (χ0n) is 11.8. The zero-order valence-corrected chi connectivity index (χ0v) is 11.8. The molecule has 2 aromatic rings. The summed E-state index contributed by atoms with van der Waals surface area (Å²) >= 11 is 0. The molecule has 0 radical (unpaired) electrons. The van der Waals surface area contributed by atoms with E-state index in [2.05, 4.69) is 24.9 Å². The molecule has 0 amide bonds. The summed E-state index contributed by atoms with van der Waals surface area (Å²) in [5.74, 6) is 0.124. The number of carbonyl (C=O) groups excluding carboxylic acids is 1. The quantitative estimate of drug-likeness (QED) is 0.751. The van der Waals surface area contributed by atoms with E-state index in [-0.39, 0.29) is 11.7 Å². The van der Waals surface area contributed by atoms with Crippen LogP contribution in [0.4, 0.5) is 0 Å². The number of ketones is 1. The van der Waals surface area contributed by atoms with E-state index in [9.17, 15) is 4.79 Å². The van der Waals surface area contributed by atoms with Crippen molar-refractivity contribution in [2.24, 2.45) is 5.92 Å². The molecule has 2 heteroatoms. The number of rotatable bonds is 2. The SMILES string of the molecule is CC(C)=CCC1C=Cc2nc3ccccc3cc2C1=O. The van der Waals surface area contributed by atoms with Gasteiger partial charge in [0.25, 0.3) is 0 Å². The molecule has 1 atom stereocenters. The van der Waals surface area contributed by atoms with Crippen LogP contribution in [0.3, 0.4) is 0 Å². The third kappa shape index (κ3) is 2.29. The Hall–Kier alpha value is -2.22. The molecule has 1 aliphatic rings.